The van der Waals surface area contributed by atoms with Gasteiger partial charge in [0.1, 0.15) is 5.69 Å². The summed E-state index contributed by atoms with van der Waals surface area (Å²) in [5, 5.41) is 10.5. The summed E-state index contributed by atoms with van der Waals surface area (Å²) >= 11 is 1.34. The van der Waals surface area contributed by atoms with Crippen molar-refractivity contribution in [3.63, 3.8) is 0 Å². The second-order valence-electron chi connectivity index (χ2n) is 2.45. The predicted molar refractivity (Wildman–Crippen MR) is 55.6 cm³/mol. The minimum atomic E-state index is -0.589. The number of nitrogen functional groups attached to an aromatic ring is 1. The molecule has 0 heterocycles. The number of hydrogen-bond donors (Lipinski definition) is 1. The smallest absolute Gasteiger partial charge is 0.282 e. The molecule has 1 rings (SSSR count). The zero-order valence-corrected chi connectivity index (χ0v) is 8.17. The summed E-state index contributed by atoms with van der Waals surface area (Å²) < 4.78 is 0. The Kier molecular flexibility index (Phi) is 2.94. The Bertz CT molecular complexity index is 425. The Labute approximate surface area is 84.9 Å². The number of nitrogens with zero attached hydrogens (tertiary/aromatic N) is 2. The summed E-state index contributed by atoms with van der Waals surface area (Å²) in [4.78, 5) is 13.8. The van der Waals surface area contributed by atoms with Gasteiger partial charge < -0.3 is 5.73 Å². The van der Waals surface area contributed by atoms with Crippen LogP contribution in [0.4, 0.5) is 17.1 Å². The van der Waals surface area contributed by atoms with Crippen LogP contribution in [0.15, 0.2) is 17.0 Å². The molecule has 1 aromatic rings. The zero-order chi connectivity index (χ0) is 10.7. The number of nitro benzene ring substituents is 1. The standard InChI is InChI=1S/C8H7N3O2S/c1-10-6-4-7(11(12)13)5(9)3-8(6)14-2/h3-4H,9H2,2H3. The average Bonchev–Trinajstić information content (AvgIpc) is 2.16. The number of nitrogens with two attached hydrogens (primary N) is 1. The molecule has 0 radical (unpaired) electrons. The Morgan fingerprint density at radius 3 is 2.71 bits per heavy atom. The summed E-state index contributed by atoms with van der Waals surface area (Å²) in [5.41, 5.74) is 5.60. The molecule has 0 aromatic heterocycles. The second-order valence-corrected chi connectivity index (χ2v) is 3.30. The third kappa shape index (κ3) is 1.78. The third-order valence-electron chi connectivity index (χ3n) is 1.65. The van der Waals surface area contributed by atoms with Gasteiger partial charge in [0.25, 0.3) is 5.69 Å². The van der Waals surface area contributed by atoms with Gasteiger partial charge >= 0.3 is 0 Å². The summed E-state index contributed by atoms with van der Waals surface area (Å²) in [6, 6.07) is 2.66. The lowest BCUT2D eigenvalue weighted by atomic mass is 10.2. The minimum absolute atomic E-state index is 0.0896. The van der Waals surface area contributed by atoms with Gasteiger partial charge in [0, 0.05) is 11.0 Å². The van der Waals surface area contributed by atoms with Gasteiger partial charge in [0.05, 0.1) is 11.5 Å². The molecule has 2 N–H and O–H groups in total. The van der Waals surface area contributed by atoms with Gasteiger partial charge in [-0.15, -0.1) is 11.8 Å². The van der Waals surface area contributed by atoms with E-state index in [1.807, 2.05) is 0 Å². The van der Waals surface area contributed by atoms with Crippen molar-refractivity contribution >= 4 is 28.8 Å². The first-order chi connectivity index (χ1) is 6.60. The van der Waals surface area contributed by atoms with E-state index in [0.717, 1.165) is 0 Å². The van der Waals surface area contributed by atoms with Crippen molar-refractivity contribution in [1.29, 1.82) is 0 Å². The summed E-state index contributed by atoms with van der Waals surface area (Å²) in [5.74, 6) is 0. The lowest BCUT2D eigenvalue weighted by Crippen LogP contribution is -1.95. The molecule has 0 bridgehead atoms. The highest BCUT2D eigenvalue weighted by Crippen LogP contribution is 2.35. The van der Waals surface area contributed by atoms with Gasteiger partial charge in [-0.2, -0.15) is 0 Å². The molecule has 1 aromatic carbocycles. The first kappa shape index (κ1) is 10.3. The molecule has 0 aliphatic rings. The van der Waals surface area contributed by atoms with Crippen LogP contribution < -0.4 is 5.73 Å². The van der Waals surface area contributed by atoms with Crippen LogP contribution in [0.5, 0.6) is 0 Å². The molecule has 0 spiro atoms. The van der Waals surface area contributed by atoms with Crippen molar-refractivity contribution in [2.75, 3.05) is 12.0 Å². The van der Waals surface area contributed by atoms with Crippen molar-refractivity contribution in [3.05, 3.63) is 33.7 Å². The highest BCUT2D eigenvalue weighted by Gasteiger charge is 2.15. The molecule has 0 atom stereocenters. The van der Waals surface area contributed by atoms with E-state index in [1.54, 1.807) is 6.26 Å². The number of nitro groups is 1. The molecular weight excluding hydrogens is 202 g/mol. The van der Waals surface area contributed by atoms with E-state index in [0.29, 0.717) is 4.90 Å². The maximum atomic E-state index is 10.5. The average molecular weight is 209 g/mol. The largest absolute Gasteiger partial charge is 0.393 e. The number of anilines is 1. The topological polar surface area (TPSA) is 73.5 Å². The number of benzene rings is 1. The monoisotopic (exact) mass is 209 g/mol. The molecule has 0 aliphatic heterocycles. The SMILES string of the molecule is [C-]#[N+]c1cc([N+](=O)[O-])c(N)cc1SC. The van der Waals surface area contributed by atoms with Crippen molar-refractivity contribution in [1.82, 2.24) is 0 Å². The third-order valence-corrected chi connectivity index (χ3v) is 2.41. The Balaban J connectivity index is 3.40. The quantitative estimate of drug-likeness (QED) is 0.267. The van der Waals surface area contributed by atoms with E-state index in [1.165, 1.54) is 23.9 Å². The summed E-state index contributed by atoms with van der Waals surface area (Å²) in [6.45, 7) is 6.84. The van der Waals surface area contributed by atoms with Crippen LogP contribution in [0, 0.1) is 16.7 Å². The predicted octanol–water partition coefficient (Wildman–Crippen LogP) is 2.45. The molecule has 0 saturated carbocycles. The van der Waals surface area contributed by atoms with Crippen molar-refractivity contribution < 1.29 is 4.92 Å². The van der Waals surface area contributed by atoms with Crippen molar-refractivity contribution in [2.45, 2.75) is 4.90 Å². The van der Waals surface area contributed by atoms with Crippen LogP contribution in [-0.2, 0) is 0 Å². The molecule has 5 nitrogen and oxygen atoms in total. The number of hydrogen-bond acceptors (Lipinski definition) is 4. The Morgan fingerprint density at radius 1 is 1.64 bits per heavy atom. The van der Waals surface area contributed by atoms with E-state index in [-0.39, 0.29) is 17.1 Å². The molecule has 72 valence electrons. The van der Waals surface area contributed by atoms with Crippen LogP contribution in [-0.4, -0.2) is 11.2 Å². The molecular formula is C8H7N3O2S. The lowest BCUT2D eigenvalue weighted by Gasteiger charge is -2.02. The Morgan fingerprint density at radius 2 is 2.29 bits per heavy atom. The van der Waals surface area contributed by atoms with Crippen LogP contribution >= 0.6 is 11.8 Å². The molecule has 0 fully saturated rings. The van der Waals surface area contributed by atoms with E-state index >= 15 is 0 Å². The van der Waals surface area contributed by atoms with Gasteiger partial charge in [0.2, 0.25) is 5.69 Å². The van der Waals surface area contributed by atoms with Crippen LogP contribution in [0.2, 0.25) is 0 Å². The van der Waals surface area contributed by atoms with E-state index in [2.05, 4.69) is 4.85 Å². The van der Waals surface area contributed by atoms with Crippen LogP contribution in [0.3, 0.4) is 0 Å². The number of rotatable bonds is 2. The highest BCUT2D eigenvalue weighted by atomic mass is 32.2. The highest BCUT2D eigenvalue weighted by molar-refractivity contribution is 7.98. The molecule has 0 aliphatic carbocycles. The van der Waals surface area contributed by atoms with Gasteiger partial charge in [-0.1, -0.05) is 0 Å². The maximum absolute atomic E-state index is 10.5. The molecule has 0 amide bonds. The normalized spacial score (nSPS) is 9.43. The maximum Gasteiger partial charge on any atom is 0.282 e. The zero-order valence-electron chi connectivity index (χ0n) is 7.35. The fourth-order valence-electron chi connectivity index (χ4n) is 0.982. The van der Waals surface area contributed by atoms with Crippen LogP contribution in [0.25, 0.3) is 4.85 Å². The summed E-state index contributed by atoms with van der Waals surface area (Å²) in [6.07, 6.45) is 1.79. The fourth-order valence-corrected chi connectivity index (χ4v) is 1.54. The van der Waals surface area contributed by atoms with Crippen LogP contribution in [0.1, 0.15) is 0 Å². The minimum Gasteiger partial charge on any atom is -0.393 e. The lowest BCUT2D eigenvalue weighted by molar-refractivity contribution is -0.383. The molecule has 6 heteroatoms. The number of thioether (sulfide) groups is 1. The first-order valence-electron chi connectivity index (χ1n) is 3.59. The summed E-state index contributed by atoms with van der Waals surface area (Å²) in [7, 11) is 0. The van der Waals surface area contributed by atoms with E-state index < -0.39 is 4.92 Å². The van der Waals surface area contributed by atoms with Gasteiger partial charge in [-0.25, -0.2) is 4.85 Å². The fraction of sp³-hybridized carbons (Fsp3) is 0.125. The Hall–Kier alpha value is -1.74. The van der Waals surface area contributed by atoms with Gasteiger partial charge in [-0.3, -0.25) is 10.1 Å². The molecule has 0 unspecified atom stereocenters. The van der Waals surface area contributed by atoms with Gasteiger partial charge in [0.15, 0.2) is 0 Å². The van der Waals surface area contributed by atoms with Crippen molar-refractivity contribution in [3.8, 4) is 0 Å². The van der Waals surface area contributed by atoms with Crippen molar-refractivity contribution in [2.24, 2.45) is 0 Å². The second kappa shape index (κ2) is 3.98. The molecule has 0 saturated heterocycles. The first-order valence-corrected chi connectivity index (χ1v) is 4.82. The van der Waals surface area contributed by atoms with Gasteiger partial charge in [-0.05, 0) is 12.3 Å². The molecule has 14 heavy (non-hydrogen) atoms. The van der Waals surface area contributed by atoms with E-state index in [9.17, 15) is 10.1 Å². The van der Waals surface area contributed by atoms with E-state index in [4.69, 9.17) is 12.3 Å².